The van der Waals surface area contributed by atoms with Gasteiger partial charge < -0.3 is 19.3 Å². The van der Waals surface area contributed by atoms with Gasteiger partial charge in [0.2, 0.25) is 5.88 Å². The molecule has 7 nitrogen and oxygen atoms in total. The maximum Gasteiger partial charge on any atom is 0.307 e. The smallest absolute Gasteiger partial charge is 0.307 e. The maximum absolute atomic E-state index is 11.9. The maximum atomic E-state index is 11.9. The lowest BCUT2D eigenvalue weighted by molar-refractivity contribution is -0.151. The average molecular weight is 446 g/mol. The molecular formula is C23H27NO6S. The Hall–Kier alpha value is -3.26. The molecule has 8 heteroatoms. The number of esters is 1. The number of benzene rings is 1. The van der Waals surface area contributed by atoms with Crippen LogP contribution in [-0.4, -0.2) is 29.8 Å². The first-order valence-corrected chi connectivity index (χ1v) is 10.6. The van der Waals surface area contributed by atoms with Gasteiger partial charge in [0, 0.05) is 12.8 Å². The molecule has 166 valence electrons. The predicted molar refractivity (Wildman–Crippen MR) is 120 cm³/mol. The lowest BCUT2D eigenvalue weighted by Gasteiger charge is -2.19. The molecule has 31 heavy (non-hydrogen) atoms. The number of aromatic amines is 1. The van der Waals surface area contributed by atoms with E-state index in [0.29, 0.717) is 28.4 Å². The molecule has 0 radical (unpaired) electrons. The number of aromatic nitrogens is 1. The van der Waals surface area contributed by atoms with E-state index >= 15 is 0 Å². The first-order chi connectivity index (χ1) is 14.9. The molecule has 1 aromatic carbocycles. The fourth-order valence-electron chi connectivity index (χ4n) is 2.62. The van der Waals surface area contributed by atoms with Crippen molar-refractivity contribution in [3.8, 4) is 11.6 Å². The minimum atomic E-state index is -0.594. The molecule has 2 rings (SSSR count). The quantitative estimate of drug-likeness (QED) is 0.302. The molecule has 1 unspecified atom stereocenters. The summed E-state index contributed by atoms with van der Waals surface area (Å²) < 4.78 is 16.7. The number of hydrogen-bond donors (Lipinski definition) is 2. The lowest BCUT2D eigenvalue weighted by Crippen LogP contribution is -2.16. The van der Waals surface area contributed by atoms with Gasteiger partial charge in [-0.3, -0.25) is 14.6 Å². The van der Waals surface area contributed by atoms with Crippen LogP contribution >= 0.6 is 11.3 Å². The molecule has 0 fully saturated rings. The number of hydrogen-bond acceptors (Lipinski definition) is 7. The Bertz CT molecular complexity index is 1020. The first kappa shape index (κ1) is 24.0. The highest BCUT2D eigenvalue weighted by atomic mass is 32.1. The van der Waals surface area contributed by atoms with Crippen molar-refractivity contribution in [3.05, 3.63) is 80.5 Å². The van der Waals surface area contributed by atoms with Gasteiger partial charge in [-0.15, -0.1) is 0 Å². The van der Waals surface area contributed by atoms with E-state index in [1.54, 1.807) is 38.3 Å². The van der Waals surface area contributed by atoms with Gasteiger partial charge in [0.15, 0.2) is 6.10 Å². The zero-order chi connectivity index (χ0) is 22.8. The second-order valence-electron chi connectivity index (χ2n) is 6.57. The standard InChI is InChI=1S/C23H27NO6S/c1-5-17(11-10-15(3)12-20-22(26)24-23(27)31-20)29-14-19(30-21(25)6-2)16-8-7-9-18(13-16)28-4/h5,7-11,13,19,26H,3,6,12,14H2,1-2,4H3,(H,24,27). The van der Waals surface area contributed by atoms with Gasteiger partial charge in [0.25, 0.3) is 0 Å². The number of H-pyrrole nitrogens is 1. The molecule has 0 saturated heterocycles. The Morgan fingerprint density at radius 2 is 2.13 bits per heavy atom. The molecule has 1 aromatic heterocycles. The van der Waals surface area contributed by atoms with Crippen molar-refractivity contribution in [2.24, 2.45) is 0 Å². The highest BCUT2D eigenvalue weighted by molar-refractivity contribution is 7.09. The number of carbonyl (C=O) groups is 1. The van der Waals surface area contributed by atoms with Crippen LogP contribution in [0.5, 0.6) is 11.6 Å². The van der Waals surface area contributed by atoms with E-state index in [4.69, 9.17) is 14.2 Å². The van der Waals surface area contributed by atoms with Crippen LogP contribution in [0, 0.1) is 0 Å². The Morgan fingerprint density at radius 1 is 1.35 bits per heavy atom. The third-order valence-electron chi connectivity index (χ3n) is 4.29. The van der Waals surface area contributed by atoms with Gasteiger partial charge in [0.1, 0.15) is 18.1 Å². The number of aromatic hydroxyl groups is 1. The fourth-order valence-corrected chi connectivity index (χ4v) is 3.40. The third kappa shape index (κ3) is 7.49. The summed E-state index contributed by atoms with van der Waals surface area (Å²) >= 11 is 0.945. The Balaban J connectivity index is 2.04. The van der Waals surface area contributed by atoms with Crippen molar-refractivity contribution in [1.29, 1.82) is 0 Å². The molecule has 1 atom stereocenters. The van der Waals surface area contributed by atoms with Crippen molar-refractivity contribution in [2.45, 2.75) is 32.8 Å². The van der Waals surface area contributed by atoms with Gasteiger partial charge >= 0.3 is 10.8 Å². The number of nitrogens with one attached hydrogen (secondary N) is 1. The van der Waals surface area contributed by atoms with Gasteiger partial charge in [0.05, 0.1) is 12.0 Å². The molecule has 1 heterocycles. The summed E-state index contributed by atoms with van der Waals surface area (Å²) in [4.78, 5) is 25.7. The van der Waals surface area contributed by atoms with E-state index < -0.39 is 6.10 Å². The van der Waals surface area contributed by atoms with E-state index in [1.807, 2.05) is 25.1 Å². The SMILES string of the molecule is C=C(C=CC(=CC)OCC(OC(=O)CC)c1cccc(OC)c1)Cc1sc(=O)[nH]c1O. The Morgan fingerprint density at radius 3 is 2.74 bits per heavy atom. The van der Waals surface area contributed by atoms with Crippen molar-refractivity contribution in [3.63, 3.8) is 0 Å². The second-order valence-corrected chi connectivity index (χ2v) is 7.63. The second kappa shape index (κ2) is 11.8. The summed E-state index contributed by atoms with van der Waals surface area (Å²) in [6, 6.07) is 7.29. The molecule has 0 aliphatic heterocycles. The van der Waals surface area contributed by atoms with Crippen molar-refractivity contribution in [1.82, 2.24) is 4.98 Å². The molecule has 0 bridgehead atoms. The first-order valence-electron chi connectivity index (χ1n) is 9.75. The molecule has 0 amide bonds. The van der Waals surface area contributed by atoms with E-state index in [1.165, 1.54) is 0 Å². The summed E-state index contributed by atoms with van der Waals surface area (Å²) in [5.74, 6) is 0.763. The summed E-state index contributed by atoms with van der Waals surface area (Å²) in [6.45, 7) is 7.62. The molecular weight excluding hydrogens is 418 g/mol. The Labute approximate surface area is 185 Å². The largest absolute Gasteiger partial charge is 0.497 e. The number of ether oxygens (including phenoxy) is 3. The zero-order valence-electron chi connectivity index (χ0n) is 17.8. The number of rotatable bonds is 11. The van der Waals surface area contributed by atoms with Gasteiger partial charge in [-0.05, 0) is 42.3 Å². The number of carbonyl (C=O) groups excluding carboxylic acids is 1. The van der Waals surface area contributed by atoms with Gasteiger partial charge in [-0.1, -0.05) is 43.0 Å². The molecule has 0 aliphatic carbocycles. The van der Waals surface area contributed by atoms with Crippen LogP contribution in [-0.2, 0) is 20.7 Å². The van der Waals surface area contributed by atoms with Crippen LogP contribution in [0.2, 0.25) is 0 Å². The lowest BCUT2D eigenvalue weighted by atomic mass is 10.1. The number of methoxy groups -OCH3 is 1. The summed E-state index contributed by atoms with van der Waals surface area (Å²) in [5, 5.41) is 9.69. The summed E-state index contributed by atoms with van der Waals surface area (Å²) in [6.07, 6.45) is 5.26. The topological polar surface area (TPSA) is 97.9 Å². The van der Waals surface area contributed by atoms with Crippen molar-refractivity contribution >= 4 is 17.3 Å². The fraction of sp³-hybridized carbons (Fsp3) is 0.304. The molecule has 2 N–H and O–H groups in total. The molecule has 2 aromatic rings. The van der Waals surface area contributed by atoms with Crippen LogP contribution in [0.3, 0.4) is 0 Å². The van der Waals surface area contributed by atoms with E-state index in [-0.39, 0.29) is 29.7 Å². The highest BCUT2D eigenvalue weighted by Crippen LogP contribution is 2.24. The Kier molecular flexibility index (Phi) is 9.14. The highest BCUT2D eigenvalue weighted by Gasteiger charge is 2.18. The van der Waals surface area contributed by atoms with Crippen LogP contribution in [0.15, 0.2) is 65.2 Å². The minimum absolute atomic E-state index is 0.121. The van der Waals surface area contributed by atoms with Gasteiger partial charge in [-0.25, -0.2) is 0 Å². The van der Waals surface area contributed by atoms with E-state index in [2.05, 4.69) is 11.6 Å². The van der Waals surface area contributed by atoms with E-state index in [0.717, 1.165) is 16.9 Å². The van der Waals surface area contributed by atoms with Crippen LogP contribution in [0.25, 0.3) is 0 Å². The predicted octanol–water partition coefficient (Wildman–Crippen LogP) is 4.42. The van der Waals surface area contributed by atoms with Crippen molar-refractivity contribution < 1.29 is 24.1 Å². The van der Waals surface area contributed by atoms with Crippen molar-refractivity contribution in [2.75, 3.05) is 13.7 Å². The number of allylic oxidation sites excluding steroid dienone is 4. The third-order valence-corrected chi connectivity index (χ3v) is 5.16. The molecule has 0 spiro atoms. The number of thiazole rings is 1. The van der Waals surface area contributed by atoms with E-state index in [9.17, 15) is 14.7 Å². The minimum Gasteiger partial charge on any atom is -0.497 e. The van der Waals surface area contributed by atoms with Crippen LogP contribution < -0.4 is 9.61 Å². The van der Waals surface area contributed by atoms with Crippen LogP contribution in [0.4, 0.5) is 0 Å². The normalized spacial score (nSPS) is 12.5. The molecule has 0 aliphatic rings. The molecule has 0 saturated carbocycles. The summed E-state index contributed by atoms with van der Waals surface area (Å²) in [5.41, 5.74) is 1.46. The van der Waals surface area contributed by atoms with Gasteiger partial charge in [-0.2, -0.15) is 0 Å². The summed E-state index contributed by atoms with van der Waals surface area (Å²) in [7, 11) is 1.57. The van der Waals surface area contributed by atoms with Crippen LogP contribution in [0.1, 0.15) is 36.8 Å². The average Bonchev–Trinajstić information content (AvgIpc) is 3.08. The monoisotopic (exact) mass is 445 g/mol. The zero-order valence-corrected chi connectivity index (χ0v) is 18.7.